The highest BCUT2D eigenvalue weighted by Crippen LogP contribution is 2.46. The van der Waals surface area contributed by atoms with Gasteiger partial charge in [-0.3, -0.25) is 14.6 Å². The van der Waals surface area contributed by atoms with Crippen molar-refractivity contribution < 1.29 is 9.53 Å². The fraction of sp³-hybridized carbons (Fsp3) is 0.480. The van der Waals surface area contributed by atoms with Gasteiger partial charge >= 0.3 is 0 Å². The lowest BCUT2D eigenvalue weighted by atomic mass is 9.86. The summed E-state index contributed by atoms with van der Waals surface area (Å²) in [4.78, 5) is 16.9. The van der Waals surface area contributed by atoms with Crippen LogP contribution in [0.25, 0.3) is 11.1 Å². The van der Waals surface area contributed by atoms with Crippen molar-refractivity contribution in [3.8, 4) is 11.1 Å². The summed E-state index contributed by atoms with van der Waals surface area (Å²) < 4.78 is 7.64. The standard InChI is InChI=1S/C25H30N6O2/c1-15-20(13-26-29(15)3)17-4-5-22-18(12-17)6-9-31(22)25-23-21(27-28-25)7-10-30(16(2)32)24(23)19-8-11-33-14-19/h4-5,12-13,19,24H,6-11,14H2,1-3H3,(H,27,28). The number of fused-ring (bicyclic) bond motifs is 2. The van der Waals surface area contributed by atoms with Crippen LogP contribution in [0.2, 0.25) is 0 Å². The van der Waals surface area contributed by atoms with Crippen LogP contribution in [0, 0.1) is 12.8 Å². The van der Waals surface area contributed by atoms with Gasteiger partial charge < -0.3 is 14.5 Å². The molecular formula is C25H30N6O2. The zero-order chi connectivity index (χ0) is 22.7. The smallest absolute Gasteiger partial charge is 0.219 e. The quantitative estimate of drug-likeness (QED) is 0.668. The Labute approximate surface area is 193 Å². The number of aryl methyl sites for hydroxylation is 1. The van der Waals surface area contributed by atoms with Crippen molar-refractivity contribution in [3.63, 3.8) is 0 Å². The van der Waals surface area contributed by atoms with Gasteiger partial charge in [0.1, 0.15) is 0 Å². The number of nitrogens with one attached hydrogen (secondary N) is 1. The largest absolute Gasteiger partial charge is 0.381 e. The average molecular weight is 447 g/mol. The van der Waals surface area contributed by atoms with E-state index in [1.165, 1.54) is 27.9 Å². The predicted octanol–water partition coefficient (Wildman–Crippen LogP) is 3.30. The van der Waals surface area contributed by atoms with Crippen LogP contribution < -0.4 is 4.90 Å². The Kier molecular flexibility index (Phi) is 4.79. The van der Waals surface area contributed by atoms with Gasteiger partial charge in [-0.15, -0.1) is 0 Å². The molecule has 0 bridgehead atoms. The number of carbonyl (C=O) groups is 1. The summed E-state index contributed by atoms with van der Waals surface area (Å²) in [6, 6.07) is 6.71. The van der Waals surface area contributed by atoms with Crippen LogP contribution in [0.15, 0.2) is 24.4 Å². The molecule has 0 aliphatic carbocycles. The van der Waals surface area contributed by atoms with Gasteiger partial charge in [-0.05, 0) is 43.0 Å². The Hall–Kier alpha value is -3.13. The van der Waals surface area contributed by atoms with Crippen LogP contribution in [0.4, 0.5) is 11.5 Å². The summed E-state index contributed by atoms with van der Waals surface area (Å²) in [5.41, 5.74) is 8.42. The molecule has 1 amide bonds. The van der Waals surface area contributed by atoms with Crippen molar-refractivity contribution in [2.24, 2.45) is 13.0 Å². The van der Waals surface area contributed by atoms with Gasteiger partial charge in [-0.2, -0.15) is 10.2 Å². The lowest BCUT2D eigenvalue weighted by molar-refractivity contribution is -0.133. The van der Waals surface area contributed by atoms with E-state index in [9.17, 15) is 4.79 Å². The molecule has 6 rings (SSSR count). The minimum Gasteiger partial charge on any atom is -0.381 e. The average Bonchev–Trinajstić information content (AvgIpc) is 3.60. The number of aromatic nitrogens is 4. The first-order valence-corrected chi connectivity index (χ1v) is 11.8. The highest BCUT2D eigenvalue weighted by molar-refractivity contribution is 5.78. The number of aromatic amines is 1. The van der Waals surface area contributed by atoms with Gasteiger partial charge in [0.2, 0.25) is 5.91 Å². The summed E-state index contributed by atoms with van der Waals surface area (Å²) in [6.45, 7) is 6.86. The maximum Gasteiger partial charge on any atom is 0.219 e. The number of benzene rings is 1. The van der Waals surface area contributed by atoms with Gasteiger partial charge in [0.25, 0.3) is 0 Å². The third kappa shape index (κ3) is 3.19. The molecule has 2 aromatic heterocycles. The summed E-state index contributed by atoms with van der Waals surface area (Å²) in [5.74, 6) is 1.40. The maximum absolute atomic E-state index is 12.6. The molecule has 0 spiro atoms. The molecule has 3 aliphatic rings. The molecule has 0 saturated carbocycles. The van der Waals surface area contributed by atoms with Crippen molar-refractivity contribution in [2.45, 2.75) is 39.2 Å². The number of ether oxygens (including phenoxy) is 1. The third-order valence-corrected chi connectivity index (χ3v) is 7.69. The summed E-state index contributed by atoms with van der Waals surface area (Å²) in [6.07, 6.45) is 4.70. The maximum atomic E-state index is 12.6. The first-order valence-electron chi connectivity index (χ1n) is 11.8. The Morgan fingerprint density at radius 1 is 1.24 bits per heavy atom. The number of hydrogen-bond acceptors (Lipinski definition) is 5. The monoisotopic (exact) mass is 446 g/mol. The number of H-pyrrole nitrogens is 1. The highest BCUT2D eigenvalue weighted by Gasteiger charge is 2.41. The van der Waals surface area contributed by atoms with Gasteiger partial charge in [-0.1, -0.05) is 6.07 Å². The lowest BCUT2D eigenvalue weighted by Gasteiger charge is -2.39. The molecule has 33 heavy (non-hydrogen) atoms. The minimum absolute atomic E-state index is 0.0175. The van der Waals surface area contributed by atoms with Crippen LogP contribution in [-0.2, 0) is 29.4 Å². The van der Waals surface area contributed by atoms with Crippen LogP contribution >= 0.6 is 0 Å². The molecule has 1 aromatic carbocycles. The van der Waals surface area contributed by atoms with Gasteiger partial charge in [0.05, 0.1) is 18.8 Å². The van der Waals surface area contributed by atoms with Crippen LogP contribution in [-0.4, -0.2) is 57.1 Å². The van der Waals surface area contributed by atoms with Crippen LogP contribution in [0.5, 0.6) is 0 Å². The molecule has 1 N–H and O–H groups in total. The van der Waals surface area contributed by atoms with E-state index in [0.717, 1.165) is 56.2 Å². The summed E-state index contributed by atoms with van der Waals surface area (Å²) in [7, 11) is 1.98. The molecular weight excluding hydrogens is 416 g/mol. The van der Waals surface area contributed by atoms with Gasteiger partial charge in [0.15, 0.2) is 5.82 Å². The second-order valence-corrected chi connectivity index (χ2v) is 9.48. The number of rotatable bonds is 3. The Balaban J connectivity index is 1.39. The molecule has 5 heterocycles. The minimum atomic E-state index is 0.0175. The van der Waals surface area contributed by atoms with Crippen LogP contribution in [0.1, 0.15) is 41.9 Å². The van der Waals surface area contributed by atoms with Crippen molar-refractivity contribution >= 4 is 17.4 Å². The predicted molar refractivity (Wildman–Crippen MR) is 125 cm³/mol. The molecule has 1 saturated heterocycles. The first kappa shape index (κ1) is 20.5. The number of carbonyl (C=O) groups excluding carboxylic acids is 1. The van der Waals surface area contributed by atoms with Gasteiger partial charge in [-0.25, -0.2) is 0 Å². The Morgan fingerprint density at radius 3 is 2.85 bits per heavy atom. The number of amides is 1. The lowest BCUT2D eigenvalue weighted by Crippen LogP contribution is -2.42. The second-order valence-electron chi connectivity index (χ2n) is 9.48. The van der Waals surface area contributed by atoms with E-state index in [1.807, 2.05) is 22.8 Å². The highest BCUT2D eigenvalue weighted by atomic mass is 16.5. The molecule has 2 unspecified atom stereocenters. The molecule has 3 aliphatic heterocycles. The molecule has 8 nitrogen and oxygen atoms in total. The topological polar surface area (TPSA) is 79.3 Å². The van der Waals surface area contributed by atoms with E-state index in [1.54, 1.807) is 6.92 Å². The van der Waals surface area contributed by atoms with E-state index in [2.05, 4.69) is 40.2 Å². The van der Waals surface area contributed by atoms with E-state index >= 15 is 0 Å². The van der Waals surface area contributed by atoms with Gasteiger partial charge in [0, 0.05) is 74.2 Å². The molecule has 2 atom stereocenters. The third-order valence-electron chi connectivity index (χ3n) is 7.69. The fourth-order valence-corrected chi connectivity index (χ4v) is 5.83. The molecule has 8 heteroatoms. The first-order chi connectivity index (χ1) is 16.0. The van der Waals surface area contributed by atoms with Crippen LogP contribution in [0.3, 0.4) is 0 Å². The molecule has 172 valence electrons. The summed E-state index contributed by atoms with van der Waals surface area (Å²) >= 11 is 0. The second kappa shape index (κ2) is 7.73. The molecule has 1 fully saturated rings. The zero-order valence-electron chi connectivity index (χ0n) is 19.5. The van der Waals surface area contributed by atoms with E-state index in [4.69, 9.17) is 9.84 Å². The normalized spacial score (nSPS) is 22.0. The number of anilines is 2. The SMILES string of the molecule is CC(=O)N1CCc2[nH]nc(N3CCc4cc(-c5cnn(C)c5C)ccc43)c2C1C1CCOC1. The zero-order valence-corrected chi connectivity index (χ0v) is 19.5. The molecule has 3 aromatic rings. The van der Waals surface area contributed by atoms with E-state index < -0.39 is 0 Å². The van der Waals surface area contributed by atoms with Crippen molar-refractivity contribution in [3.05, 3.63) is 46.9 Å². The number of hydrogen-bond donors (Lipinski definition) is 1. The van der Waals surface area contributed by atoms with E-state index in [0.29, 0.717) is 12.5 Å². The van der Waals surface area contributed by atoms with Crippen molar-refractivity contribution in [1.82, 2.24) is 24.9 Å². The van der Waals surface area contributed by atoms with Crippen molar-refractivity contribution in [1.29, 1.82) is 0 Å². The Bertz CT molecular complexity index is 1220. The Morgan fingerprint density at radius 2 is 2.12 bits per heavy atom. The number of nitrogens with zero attached hydrogens (tertiary/aromatic N) is 5. The summed E-state index contributed by atoms with van der Waals surface area (Å²) in [5, 5.41) is 12.5. The van der Waals surface area contributed by atoms with E-state index in [-0.39, 0.29) is 11.9 Å². The van der Waals surface area contributed by atoms with Crippen molar-refractivity contribution in [2.75, 3.05) is 31.2 Å². The molecule has 0 radical (unpaired) electrons. The fourth-order valence-electron chi connectivity index (χ4n) is 5.83.